The number of thiophene rings is 1. The third-order valence-electron chi connectivity index (χ3n) is 3.04. The van der Waals surface area contributed by atoms with Crippen molar-refractivity contribution in [2.24, 2.45) is 4.99 Å². The van der Waals surface area contributed by atoms with Crippen LogP contribution in [0.5, 0.6) is 0 Å². The molecule has 0 fully saturated rings. The number of nitrogens with one attached hydrogen (secondary N) is 1. The molecule has 116 valence electrons. The van der Waals surface area contributed by atoms with Gasteiger partial charge in [0.25, 0.3) is 0 Å². The van der Waals surface area contributed by atoms with Gasteiger partial charge in [0.15, 0.2) is 5.96 Å². The van der Waals surface area contributed by atoms with Gasteiger partial charge in [-0.1, -0.05) is 0 Å². The summed E-state index contributed by atoms with van der Waals surface area (Å²) in [4.78, 5) is 12.3. The second-order valence-electron chi connectivity index (χ2n) is 4.64. The molecule has 2 heterocycles. The molecule has 0 aliphatic rings. The zero-order valence-corrected chi connectivity index (χ0v) is 16.7. The highest BCUT2D eigenvalue weighted by atomic mass is 127. The maximum atomic E-state index is 4.54. The minimum absolute atomic E-state index is 0. The van der Waals surface area contributed by atoms with Crippen molar-refractivity contribution < 1.29 is 0 Å². The molecule has 2 rings (SSSR count). The zero-order valence-electron chi connectivity index (χ0n) is 12.7. The lowest BCUT2D eigenvalue weighted by atomic mass is 10.3. The van der Waals surface area contributed by atoms with Gasteiger partial charge in [-0.3, -0.25) is 4.99 Å². The van der Waals surface area contributed by atoms with Crippen LogP contribution in [-0.4, -0.2) is 29.9 Å². The van der Waals surface area contributed by atoms with Crippen molar-refractivity contribution in [3.63, 3.8) is 0 Å². The van der Waals surface area contributed by atoms with Crippen molar-refractivity contribution in [3.05, 3.63) is 38.0 Å². The van der Waals surface area contributed by atoms with Crippen LogP contribution in [0.4, 0.5) is 0 Å². The second kappa shape index (κ2) is 8.70. The van der Waals surface area contributed by atoms with E-state index in [1.165, 1.54) is 10.4 Å². The average molecular weight is 436 g/mol. The van der Waals surface area contributed by atoms with Gasteiger partial charge in [-0.25, -0.2) is 4.98 Å². The third-order valence-corrected chi connectivity index (χ3v) is 4.85. The Bertz CT molecular complexity index is 558. The highest BCUT2D eigenvalue weighted by molar-refractivity contribution is 14.0. The van der Waals surface area contributed by atoms with E-state index in [9.17, 15) is 0 Å². The third kappa shape index (κ3) is 5.23. The standard InChI is InChI=1S/C14H20N4S2.HI/c1-10-11(2)20-13(17-10)7-16-14(15-3)18(4)8-12-5-6-19-9-12;/h5-6,9H,7-8H2,1-4H3,(H,15,16);1H. The number of halogens is 1. The van der Waals surface area contributed by atoms with Gasteiger partial charge in [0.05, 0.1) is 12.2 Å². The van der Waals surface area contributed by atoms with E-state index in [-0.39, 0.29) is 24.0 Å². The molecule has 0 aliphatic heterocycles. The van der Waals surface area contributed by atoms with Crippen molar-refractivity contribution in [1.82, 2.24) is 15.2 Å². The van der Waals surface area contributed by atoms with E-state index in [1.54, 1.807) is 22.7 Å². The first-order valence-corrected chi connectivity index (χ1v) is 8.22. The Labute approximate surface area is 151 Å². The van der Waals surface area contributed by atoms with Crippen molar-refractivity contribution in [3.8, 4) is 0 Å². The predicted molar refractivity (Wildman–Crippen MR) is 103 cm³/mol. The lowest BCUT2D eigenvalue weighted by Crippen LogP contribution is -2.37. The molecule has 0 bridgehead atoms. The number of aromatic nitrogens is 1. The minimum Gasteiger partial charge on any atom is -0.350 e. The Hall–Kier alpha value is -0.670. The molecule has 2 aromatic rings. The van der Waals surface area contributed by atoms with E-state index in [2.05, 4.69) is 43.9 Å². The van der Waals surface area contributed by atoms with E-state index < -0.39 is 0 Å². The lowest BCUT2D eigenvalue weighted by Gasteiger charge is -2.21. The van der Waals surface area contributed by atoms with Gasteiger partial charge in [-0.15, -0.1) is 35.3 Å². The molecule has 7 heteroatoms. The molecule has 21 heavy (non-hydrogen) atoms. The number of hydrogen-bond donors (Lipinski definition) is 1. The van der Waals surface area contributed by atoms with Gasteiger partial charge < -0.3 is 10.2 Å². The molecule has 2 aromatic heterocycles. The van der Waals surface area contributed by atoms with Gasteiger partial charge >= 0.3 is 0 Å². The summed E-state index contributed by atoms with van der Waals surface area (Å²) in [7, 11) is 3.86. The molecule has 0 radical (unpaired) electrons. The van der Waals surface area contributed by atoms with Crippen LogP contribution in [0.15, 0.2) is 21.8 Å². The average Bonchev–Trinajstić information content (AvgIpc) is 3.01. The Morgan fingerprint density at radius 2 is 2.19 bits per heavy atom. The summed E-state index contributed by atoms with van der Waals surface area (Å²) in [5.41, 5.74) is 2.43. The van der Waals surface area contributed by atoms with Crippen molar-refractivity contribution in [1.29, 1.82) is 0 Å². The summed E-state index contributed by atoms with van der Waals surface area (Å²) in [5, 5.41) is 8.73. The van der Waals surface area contributed by atoms with Crippen molar-refractivity contribution >= 4 is 52.6 Å². The molecule has 0 aliphatic carbocycles. The van der Waals surface area contributed by atoms with Crippen molar-refractivity contribution in [2.45, 2.75) is 26.9 Å². The molecule has 0 unspecified atom stereocenters. The number of guanidine groups is 1. The zero-order chi connectivity index (χ0) is 14.5. The molecule has 0 spiro atoms. The van der Waals surface area contributed by atoms with Gasteiger partial charge in [0.2, 0.25) is 0 Å². The van der Waals surface area contributed by atoms with Crippen LogP contribution in [0.1, 0.15) is 21.1 Å². The molecule has 0 saturated carbocycles. The number of nitrogens with zero attached hydrogens (tertiary/aromatic N) is 3. The summed E-state index contributed by atoms with van der Waals surface area (Å²) >= 11 is 3.46. The fraction of sp³-hybridized carbons (Fsp3) is 0.429. The van der Waals surface area contributed by atoms with Gasteiger partial charge in [0, 0.05) is 25.5 Å². The van der Waals surface area contributed by atoms with Crippen LogP contribution in [0.2, 0.25) is 0 Å². The SMILES string of the molecule is CN=C(NCc1nc(C)c(C)s1)N(C)Cc1ccsc1.I. The summed E-state index contributed by atoms with van der Waals surface area (Å²) in [5.74, 6) is 0.890. The highest BCUT2D eigenvalue weighted by Crippen LogP contribution is 2.16. The normalized spacial score (nSPS) is 11.1. The van der Waals surface area contributed by atoms with E-state index in [4.69, 9.17) is 0 Å². The van der Waals surface area contributed by atoms with E-state index in [1.807, 2.05) is 21.0 Å². The molecule has 0 saturated heterocycles. The number of aliphatic imine (C=N–C) groups is 1. The molecule has 4 nitrogen and oxygen atoms in total. The summed E-state index contributed by atoms with van der Waals surface area (Å²) < 4.78 is 0. The van der Waals surface area contributed by atoms with Gasteiger partial charge in [0.1, 0.15) is 5.01 Å². The molecule has 1 N–H and O–H groups in total. The fourth-order valence-corrected chi connectivity index (χ4v) is 3.42. The Morgan fingerprint density at radius 1 is 1.43 bits per heavy atom. The number of hydrogen-bond acceptors (Lipinski definition) is 4. The lowest BCUT2D eigenvalue weighted by molar-refractivity contribution is 0.477. The molecular weight excluding hydrogens is 415 g/mol. The van der Waals surface area contributed by atoms with Crippen molar-refractivity contribution in [2.75, 3.05) is 14.1 Å². The number of rotatable bonds is 4. The topological polar surface area (TPSA) is 40.5 Å². The molecule has 0 atom stereocenters. The number of thiazole rings is 1. The first-order chi connectivity index (χ1) is 9.60. The van der Waals surface area contributed by atoms with E-state index in [0.29, 0.717) is 0 Å². The van der Waals surface area contributed by atoms with Crippen LogP contribution in [0.3, 0.4) is 0 Å². The van der Waals surface area contributed by atoms with Crippen LogP contribution in [-0.2, 0) is 13.1 Å². The monoisotopic (exact) mass is 436 g/mol. The first kappa shape index (κ1) is 18.4. The maximum absolute atomic E-state index is 4.54. The highest BCUT2D eigenvalue weighted by Gasteiger charge is 2.09. The first-order valence-electron chi connectivity index (χ1n) is 6.46. The smallest absolute Gasteiger partial charge is 0.194 e. The molecule has 0 amide bonds. The Kier molecular flexibility index (Phi) is 7.61. The molecule has 0 aromatic carbocycles. The summed E-state index contributed by atoms with van der Waals surface area (Å²) in [6, 6.07) is 2.14. The van der Waals surface area contributed by atoms with Gasteiger partial charge in [-0.2, -0.15) is 11.3 Å². The summed E-state index contributed by atoms with van der Waals surface area (Å²) in [6.45, 7) is 5.74. The maximum Gasteiger partial charge on any atom is 0.194 e. The largest absolute Gasteiger partial charge is 0.350 e. The van der Waals surface area contributed by atoms with E-state index in [0.717, 1.165) is 29.8 Å². The van der Waals surface area contributed by atoms with E-state index >= 15 is 0 Å². The summed E-state index contributed by atoms with van der Waals surface area (Å²) in [6.07, 6.45) is 0. The van der Waals surface area contributed by atoms with Crippen LogP contribution in [0.25, 0.3) is 0 Å². The fourth-order valence-electron chi connectivity index (χ4n) is 1.89. The van der Waals surface area contributed by atoms with Gasteiger partial charge in [-0.05, 0) is 36.2 Å². The predicted octanol–water partition coefficient (Wildman–Crippen LogP) is 3.65. The quantitative estimate of drug-likeness (QED) is 0.452. The molecular formula is C14H21IN4S2. The number of aryl methyl sites for hydroxylation is 2. The van der Waals surface area contributed by atoms with Crippen LogP contribution >= 0.6 is 46.7 Å². The van der Waals surface area contributed by atoms with Crippen LogP contribution in [0, 0.1) is 13.8 Å². The second-order valence-corrected chi connectivity index (χ2v) is 6.71. The van der Waals surface area contributed by atoms with Crippen LogP contribution < -0.4 is 5.32 Å². The Morgan fingerprint density at radius 3 is 2.71 bits per heavy atom. The minimum atomic E-state index is 0. The Balaban J connectivity index is 0.00000220.